The second-order valence-corrected chi connectivity index (χ2v) is 6.64. The Labute approximate surface area is 152 Å². The van der Waals surface area contributed by atoms with Crippen molar-refractivity contribution in [2.45, 2.75) is 38.3 Å². The molecule has 1 aliphatic rings. The van der Waals surface area contributed by atoms with Crippen molar-refractivity contribution in [2.75, 3.05) is 19.0 Å². The fraction of sp³-hybridized carbons (Fsp3) is 0.444. The summed E-state index contributed by atoms with van der Waals surface area (Å²) in [7, 11) is 1.58. The number of halogens is 1. The SMILES string of the molecule is COc1ccc(Cl)cc1NC(=O)N1CCCC[C@@H]1CCn1ccnc1. The molecule has 1 aromatic heterocycles. The number of nitrogens with one attached hydrogen (secondary N) is 1. The average molecular weight is 363 g/mol. The Morgan fingerprint density at radius 3 is 3.08 bits per heavy atom. The fourth-order valence-corrected chi connectivity index (χ4v) is 3.42. The lowest BCUT2D eigenvalue weighted by Gasteiger charge is -2.36. The molecule has 134 valence electrons. The Morgan fingerprint density at radius 1 is 1.44 bits per heavy atom. The standard InChI is InChI=1S/C18H23ClN4O2/c1-25-17-6-5-14(19)12-16(17)21-18(24)23-9-3-2-4-15(23)7-10-22-11-8-20-13-22/h5-6,8,11-13,15H,2-4,7,9-10H2,1H3,(H,21,24)/t15-/m1/s1. The summed E-state index contributed by atoms with van der Waals surface area (Å²) in [6.45, 7) is 1.62. The van der Waals surface area contributed by atoms with Crippen molar-refractivity contribution in [1.29, 1.82) is 0 Å². The molecule has 3 rings (SSSR count). The minimum atomic E-state index is -0.101. The van der Waals surface area contributed by atoms with E-state index >= 15 is 0 Å². The molecule has 25 heavy (non-hydrogen) atoms. The van der Waals surface area contributed by atoms with Gasteiger partial charge in [-0.25, -0.2) is 9.78 Å². The number of carbonyl (C=O) groups is 1. The summed E-state index contributed by atoms with van der Waals surface area (Å²) in [5.74, 6) is 0.602. The quantitative estimate of drug-likeness (QED) is 0.873. The van der Waals surface area contributed by atoms with Gasteiger partial charge >= 0.3 is 6.03 Å². The summed E-state index contributed by atoms with van der Waals surface area (Å²) in [4.78, 5) is 18.8. The van der Waals surface area contributed by atoms with Crippen molar-refractivity contribution in [3.05, 3.63) is 41.9 Å². The number of imidazole rings is 1. The van der Waals surface area contributed by atoms with Crippen LogP contribution < -0.4 is 10.1 Å². The van der Waals surface area contributed by atoms with Gasteiger partial charge in [-0.15, -0.1) is 0 Å². The topological polar surface area (TPSA) is 59.4 Å². The van der Waals surface area contributed by atoms with Crippen LogP contribution in [0, 0.1) is 0 Å². The lowest BCUT2D eigenvalue weighted by molar-refractivity contribution is 0.155. The number of amides is 2. The van der Waals surface area contributed by atoms with Crippen LogP contribution in [-0.4, -0.2) is 40.2 Å². The first-order valence-corrected chi connectivity index (χ1v) is 8.92. The number of ether oxygens (including phenoxy) is 1. The number of likely N-dealkylation sites (tertiary alicyclic amines) is 1. The molecule has 1 aromatic carbocycles. The smallest absolute Gasteiger partial charge is 0.322 e. The van der Waals surface area contributed by atoms with E-state index in [9.17, 15) is 4.79 Å². The Bertz CT molecular complexity index is 705. The van der Waals surface area contributed by atoms with Crippen LogP contribution in [0.3, 0.4) is 0 Å². The highest BCUT2D eigenvalue weighted by Crippen LogP contribution is 2.29. The van der Waals surface area contributed by atoms with Gasteiger partial charge in [0.1, 0.15) is 5.75 Å². The molecular formula is C18H23ClN4O2. The maximum absolute atomic E-state index is 12.8. The van der Waals surface area contributed by atoms with Crippen LogP contribution in [0.1, 0.15) is 25.7 Å². The summed E-state index contributed by atoms with van der Waals surface area (Å²) in [5, 5.41) is 3.52. The monoisotopic (exact) mass is 362 g/mol. The summed E-state index contributed by atoms with van der Waals surface area (Å²) >= 11 is 6.05. The Hall–Kier alpha value is -2.21. The number of rotatable bonds is 5. The second-order valence-electron chi connectivity index (χ2n) is 6.21. The van der Waals surface area contributed by atoms with E-state index in [1.165, 1.54) is 0 Å². The van der Waals surface area contributed by atoms with Crippen LogP contribution in [0.4, 0.5) is 10.5 Å². The van der Waals surface area contributed by atoms with Crippen LogP contribution >= 0.6 is 11.6 Å². The molecular weight excluding hydrogens is 340 g/mol. The van der Waals surface area contributed by atoms with Crippen LogP contribution in [0.2, 0.25) is 5.02 Å². The van der Waals surface area contributed by atoms with E-state index in [-0.39, 0.29) is 12.1 Å². The third-order valence-corrected chi connectivity index (χ3v) is 4.81. The zero-order chi connectivity index (χ0) is 17.6. The molecule has 0 radical (unpaired) electrons. The number of nitrogens with zero attached hydrogens (tertiary/aromatic N) is 3. The molecule has 0 unspecified atom stereocenters. The van der Waals surface area contributed by atoms with Gasteiger partial charge in [0.2, 0.25) is 0 Å². The van der Waals surface area contributed by atoms with E-state index in [1.54, 1.807) is 31.5 Å². The molecule has 2 heterocycles. The van der Waals surface area contributed by atoms with Crippen LogP contribution in [-0.2, 0) is 6.54 Å². The van der Waals surface area contributed by atoms with Crippen LogP contribution in [0.5, 0.6) is 5.75 Å². The first-order chi connectivity index (χ1) is 12.2. The maximum atomic E-state index is 12.8. The number of anilines is 1. The van der Waals surface area contributed by atoms with Crippen molar-refractivity contribution in [2.24, 2.45) is 0 Å². The van der Waals surface area contributed by atoms with Gasteiger partial charge in [0, 0.05) is 36.5 Å². The van der Waals surface area contributed by atoms with Crippen molar-refractivity contribution < 1.29 is 9.53 Å². The highest BCUT2D eigenvalue weighted by Gasteiger charge is 2.27. The molecule has 1 aliphatic heterocycles. The molecule has 7 heteroatoms. The highest BCUT2D eigenvalue weighted by atomic mass is 35.5. The predicted molar refractivity (Wildman–Crippen MR) is 98.2 cm³/mol. The molecule has 0 bridgehead atoms. The zero-order valence-corrected chi connectivity index (χ0v) is 15.1. The lowest BCUT2D eigenvalue weighted by atomic mass is 9.99. The molecule has 1 atom stereocenters. The number of aromatic nitrogens is 2. The molecule has 1 N–H and O–H groups in total. The zero-order valence-electron chi connectivity index (χ0n) is 14.3. The molecule has 6 nitrogen and oxygen atoms in total. The van der Waals surface area contributed by atoms with Gasteiger partial charge in [-0.1, -0.05) is 11.6 Å². The number of urea groups is 1. The molecule has 2 aromatic rings. The van der Waals surface area contributed by atoms with Gasteiger partial charge in [0.15, 0.2) is 0 Å². The minimum Gasteiger partial charge on any atom is -0.495 e. The lowest BCUT2D eigenvalue weighted by Crippen LogP contribution is -2.46. The number of hydrogen-bond acceptors (Lipinski definition) is 3. The van der Waals surface area contributed by atoms with Gasteiger partial charge in [-0.05, 0) is 43.9 Å². The number of hydrogen-bond donors (Lipinski definition) is 1. The van der Waals surface area contributed by atoms with Gasteiger partial charge in [0.25, 0.3) is 0 Å². The molecule has 0 saturated carbocycles. The number of aryl methyl sites for hydroxylation is 1. The summed E-state index contributed by atoms with van der Waals surface area (Å²) in [6.07, 6.45) is 9.65. The van der Waals surface area contributed by atoms with Crippen molar-refractivity contribution in [1.82, 2.24) is 14.5 Å². The molecule has 1 saturated heterocycles. The van der Waals surface area contributed by atoms with Crippen molar-refractivity contribution >= 4 is 23.3 Å². The van der Waals surface area contributed by atoms with Crippen LogP contribution in [0.25, 0.3) is 0 Å². The molecule has 0 spiro atoms. The number of benzene rings is 1. The van der Waals surface area contributed by atoms with E-state index in [1.807, 2.05) is 22.0 Å². The van der Waals surface area contributed by atoms with Crippen molar-refractivity contribution in [3.63, 3.8) is 0 Å². The van der Waals surface area contributed by atoms with Gasteiger partial charge < -0.3 is 19.5 Å². The molecule has 0 aliphatic carbocycles. The van der Waals surface area contributed by atoms with Gasteiger partial charge in [-0.3, -0.25) is 0 Å². The Kier molecular flexibility index (Phi) is 5.81. The largest absolute Gasteiger partial charge is 0.495 e. The third kappa shape index (κ3) is 4.45. The van der Waals surface area contributed by atoms with Crippen LogP contribution in [0.15, 0.2) is 36.9 Å². The van der Waals surface area contributed by atoms with E-state index in [4.69, 9.17) is 16.3 Å². The van der Waals surface area contributed by atoms with E-state index in [0.29, 0.717) is 16.5 Å². The Balaban J connectivity index is 1.67. The molecule has 2 amide bonds. The Morgan fingerprint density at radius 2 is 2.32 bits per heavy atom. The average Bonchev–Trinajstić information content (AvgIpc) is 3.14. The highest BCUT2D eigenvalue weighted by molar-refractivity contribution is 6.31. The normalized spacial score (nSPS) is 17.4. The summed E-state index contributed by atoms with van der Waals surface area (Å²) < 4.78 is 7.36. The maximum Gasteiger partial charge on any atom is 0.322 e. The molecule has 1 fully saturated rings. The fourth-order valence-electron chi connectivity index (χ4n) is 3.25. The first kappa shape index (κ1) is 17.6. The van der Waals surface area contributed by atoms with E-state index in [2.05, 4.69) is 10.3 Å². The van der Waals surface area contributed by atoms with Gasteiger partial charge in [-0.2, -0.15) is 0 Å². The summed E-state index contributed by atoms with van der Waals surface area (Å²) in [6, 6.07) is 5.33. The predicted octanol–water partition coefficient (Wildman–Crippen LogP) is 4.02. The van der Waals surface area contributed by atoms with E-state index in [0.717, 1.165) is 38.8 Å². The van der Waals surface area contributed by atoms with Gasteiger partial charge in [0.05, 0.1) is 19.1 Å². The van der Waals surface area contributed by atoms with E-state index < -0.39 is 0 Å². The van der Waals surface area contributed by atoms with Crippen molar-refractivity contribution in [3.8, 4) is 5.75 Å². The summed E-state index contributed by atoms with van der Waals surface area (Å²) in [5.41, 5.74) is 0.596. The number of carbonyl (C=O) groups excluding carboxylic acids is 1. The second kappa shape index (κ2) is 8.25. The first-order valence-electron chi connectivity index (χ1n) is 8.54. The minimum absolute atomic E-state index is 0.101. The number of piperidine rings is 1. The number of methoxy groups -OCH3 is 1. The third-order valence-electron chi connectivity index (χ3n) is 4.57.